The van der Waals surface area contributed by atoms with Gasteiger partial charge < -0.3 is 29.2 Å². The summed E-state index contributed by atoms with van der Waals surface area (Å²) in [6.07, 6.45) is -1.53. The van der Waals surface area contributed by atoms with Crippen LogP contribution in [-0.2, 0) is 25.5 Å². The molecule has 0 bridgehead atoms. The quantitative estimate of drug-likeness (QED) is 0.261. The Hall–Kier alpha value is -4.14. The molecule has 8 nitrogen and oxygen atoms in total. The minimum Gasteiger partial charge on any atom is -0.490 e. The molecular weight excluding hydrogens is 500 g/mol. The largest absolute Gasteiger partial charge is 0.490 e. The average Bonchev–Trinajstić information content (AvgIpc) is 2.93. The van der Waals surface area contributed by atoms with Crippen molar-refractivity contribution < 1.29 is 38.7 Å². The first-order valence-corrected chi connectivity index (χ1v) is 12.7. The Balaban J connectivity index is 1.68. The van der Waals surface area contributed by atoms with Crippen molar-refractivity contribution in [2.45, 2.75) is 32.5 Å². The molecule has 0 aliphatic carbocycles. The molecule has 2 N–H and O–H groups in total. The van der Waals surface area contributed by atoms with Crippen LogP contribution in [0.1, 0.15) is 25.0 Å². The summed E-state index contributed by atoms with van der Waals surface area (Å²) in [5, 5.41) is 24.5. The van der Waals surface area contributed by atoms with Crippen LogP contribution < -0.4 is 9.47 Å². The summed E-state index contributed by atoms with van der Waals surface area (Å²) in [5.74, 6) is 0.234. The molecule has 4 aromatic rings. The molecule has 0 saturated heterocycles. The number of rotatable bonds is 12. The second-order valence-electron chi connectivity index (χ2n) is 9.24. The van der Waals surface area contributed by atoms with Gasteiger partial charge in [-0.25, -0.2) is 0 Å². The van der Waals surface area contributed by atoms with Gasteiger partial charge in [0.2, 0.25) is 0 Å². The molecule has 2 atom stereocenters. The fourth-order valence-electron chi connectivity index (χ4n) is 4.34. The smallest absolute Gasteiger partial charge is 0.302 e. The van der Waals surface area contributed by atoms with Crippen molar-refractivity contribution in [2.75, 3.05) is 26.4 Å². The van der Waals surface area contributed by atoms with Crippen molar-refractivity contribution in [1.29, 1.82) is 0 Å². The lowest BCUT2D eigenvalue weighted by Gasteiger charge is -2.20. The maximum atomic E-state index is 11.1. The minimum absolute atomic E-state index is 0.0557. The number of carbonyl (C=O) groups is 2. The monoisotopic (exact) mass is 532 g/mol. The van der Waals surface area contributed by atoms with E-state index in [-0.39, 0.29) is 26.4 Å². The Labute approximate surface area is 226 Å². The van der Waals surface area contributed by atoms with Gasteiger partial charge in [-0.15, -0.1) is 0 Å². The number of ether oxygens (including phenoxy) is 4. The van der Waals surface area contributed by atoms with E-state index in [2.05, 4.69) is 0 Å². The molecule has 0 fully saturated rings. The number of hydrogen-bond donors (Lipinski definition) is 2. The van der Waals surface area contributed by atoms with Crippen molar-refractivity contribution in [3.63, 3.8) is 0 Å². The first-order chi connectivity index (χ1) is 18.8. The third kappa shape index (κ3) is 7.46. The normalized spacial score (nSPS) is 12.6. The predicted octanol–water partition coefficient (Wildman–Crippen LogP) is 4.19. The number of carbonyl (C=O) groups excluding carboxylic acids is 2. The van der Waals surface area contributed by atoms with E-state index < -0.39 is 24.1 Å². The summed E-state index contributed by atoms with van der Waals surface area (Å²) in [6, 6.07) is 23.6. The van der Waals surface area contributed by atoms with Crippen LogP contribution in [0.3, 0.4) is 0 Å². The number of aliphatic hydroxyl groups excluding tert-OH is 2. The highest BCUT2D eigenvalue weighted by Gasteiger charge is 2.18. The number of esters is 2. The Morgan fingerprint density at radius 3 is 1.44 bits per heavy atom. The molecule has 0 aliphatic heterocycles. The Bertz CT molecular complexity index is 1340. The second-order valence-corrected chi connectivity index (χ2v) is 9.24. The van der Waals surface area contributed by atoms with Gasteiger partial charge in [-0.1, -0.05) is 60.7 Å². The van der Waals surface area contributed by atoms with E-state index in [4.69, 9.17) is 18.9 Å². The summed E-state index contributed by atoms with van der Waals surface area (Å²) < 4.78 is 21.9. The molecule has 0 spiro atoms. The van der Waals surface area contributed by atoms with Crippen LogP contribution in [0.2, 0.25) is 0 Å². The van der Waals surface area contributed by atoms with Crippen LogP contribution in [0.5, 0.6) is 11.5 Å². The van der Waals surface area contributed by atoms with Crippen LogP contribution in [0, 0.1) is 0 Å². The Kier molecular flexibility index (Phi) is 9.35. The topological polar surface area (TPSA) is 112 Å². The lowest BCUT2D eigenvalue weighted by atomic mass is 9.93. The fourth-order valence-corrected chi connectivity index (χ4v) is 4.34. The first kappa shape index (κ1) is 27.9. The molecule has 204 valence electrons. The van der Waals surface area contributed by atoms with E-state index in [1.54, 1.807) is 0 Å². The highest BCUT2D eigenvalue weighted by Crippen LogP contribution is 2.36. The van der Waals surface area contributed by atoms with Gasteiger partial charge in [-0.05, 0) is 33.7 Å². The summed E-state index contributed by atoms with van der Waals surface area (Å²) in [5.41, 5.74) is 1.80. The second kappa shape index (κ2) is 13.1. The summed E-state index contributed by atoms with van der Waals surface area (Å²) in [7, 11) is 0. The van der Waals surface area contributed by atoms with E-state index in [1.807, 2.05) is 72.8 Å². The summed E-state index contributed by atoms with van der Waals surface area (Å²) >= 11 is 0. The molecule has 2 unspecified atom stereocenters. The van der Waals surface area contributed by atoms with Crippen molar-refractivity contribution in [3.05, 3.63) is 83.9 Å². The molecular formula is C31H32O8. The minimum atomic E-state index is -0.983. The van der Waals surface area contributed by atoms with Gasteiger partial charge in [0.1, 0.15) is 50.1 Å². The zero-order chi connectivity index (χ0) is 27.8. The highest BCUT2D eigenvalue weighted by atomic mass is 16.6. The number of aliphatic hydroxyl groups is 2. The van der Waals surface area contributed by atoms with Crippen LogP contribution >= 0.6 is 0 Å². The van der Waals surface area contributed by atoms with Crippen LogP contribution in [-0.4, -0.2) is 60.8 Å². The molecule has 0 heterocycles. The van der Waals surface area contributed by atoms with Crippen LogP contribution in [0.4, 0.5) is 0 Å². The molecule has 0 aromatic heterocycles. The van der Waals surface area contributed by atoms with Gasteiger partial charge in [0, 0.05) is 31.4 Å². The molecule has 0 saturated carbocycles. The van der Waals surface area contributed by atoms with Gasteiger partial charge in [0.15, 0.2) is 0 Å². The molecule has 8 heteroatoms. The predicted molar refractivity (Wildman–Crippen MR) is 147 cm³/mol. The van der Waals surface area contributed by atoms with Gasteiger partial charge in [-0.3, -0.25) is 9.59 Å². The lowest BCUT2D eigenvalue weighted by Crippen LogP contribution is -2.25. The van der Waals surface area contributed by atoms with E-state index in [1.165, 1.54) is 13.8 Å². The van der Waals surface area contributed by atoms with E-state index in [0.29, 0.717) is 17.9 Å². The SMILES string of the molecule is CC(=O)OCC(O)COc1ccc2ccccc2c1Cc1c(OCC(O)COC(C)=O)ccc2ccccc12. The van der Waals surface area contributed by atoms with E-state index >= 15 is 0 Å². The molecule has 0 aliphatic rings. The number of hydrogen-bond acceptors (Lipinski definition) is 8. The third-order valence-electron chi connectivity index (χ3n) is 6.17. The summed E-state index contributed by atoms with van der Waals surface area (Å²) in [6.45, 7) is 2.15. The first-order valence-electron chi connectivity index (χ1n) is 12.7. The molecule has 0 radical (unpaired) electrons. The van der Waals surface area contributed by atoms with Crippen molar-refractivity contribution in [1.82, 2.24) is 0 Å². The maximum absolute atomic E-state index is 11.1. The fraction of sp³-hybridized carbons (Fsp3) is 0.290. The number of fused-ring (bicyclic) bond motifs is 2. The zero-order valence-electron chi connectivity index (χ0n) is 22.0. The summed E-state index contributed by atoms with van der Waals surface area (Å²) in [4.78, 5) is 22.2. The van der Waals surface area contributed by atoms with Crippen LogP contribution in [0.15, 0.2) is 72.8 Å². The number of benzene rings is 4. The van der Waals surface area contributed by atoms with Gasteiger partial charge >= 0.3 is 11.9 Å². The zero-order valence-corrected chi connectivity index (χ0v) is 22.0. The maximum Gasteiger partial charge on any atom is 0.302 e. The van der Waals surface area contributed by atoms with E-state index in [0.717, 1.165) is 32.7 Å². The van der Waals surface area contributed by atoms with Gasteiger partial charge in [-0.2, -0.15) is 0 Å². The Morgan fingerprint density at radius 1 is 0.615 bits per heavy atom. The van der Waals surface area contributed by atoms with E-state index in [9.17, 15) is 19.8 Å². The van der Waals surface area contributed by atoms with Crippen molar-refractivity contribution >= 4 is 33.5 Å². The van der Waals surface area contributed by atoms with Crippen molar-refractivity contribution in [2.24, 2.45) is 0 Å². The standard InChI is InChI=1S/C31H32O8/c1-20(32)36-16-24(34)18-38-30-13-11-22-7-3-5-9-26(22)28(30)15-29-27-10-6-4-8-23(27)12-14-31(29)39-19-25(35)17-37-21(2)33/h3-14,24-25,34-35H,15-19H2,1-2H3. The third-order valence-corrected chi connectivity index (χ3v) is 6.17. The average molecular weight is 533 g/mol. The molecule has 4 rings (SSSR count). The van der Waals surface area contributed by atoms with Crippen LogP contribution in [0.25, 0.3) is 21.5 Å². The Morgan fingerprint density at radius 2 is 1.03 bits per heavy atom. The molecule has 4 aromatic carbocycles. The van der Waals surface area contributed by atoms with Crippen molar-refractivity contribution in [3.8, 4) is 11.5 Å². The van der Waals surface area contributed by atoms with Gasteiger partial charge in [0.05, 0.1) is 0 Å². The van der Waals surface area contributed by atoms with Gasteiger partial charge in [0.25, 0.3) is 0 Å². The molecule has 0 amide bonds. The lowest BCUT2D eigenvalue weighted by molar-refractivity contribution is -0.145. The highest BCUT2D eigenvalue weighted by molar-refractivity contribution is 5.91. The molecule has 39 heavy (non-hydrogen) atoms.